The van der Waals surface area contributed by atoms with Gasteiger partial charge in [-0.25, -0.2) is 4.79 Å². The normalized spacial score (nSPS) is 11.0. The standard InChI is InChI=1S/C18H19I3N2O9.ClH/c1-7(24)31-5-9(32-8(2)25)4-22-17(27)11-13(19)12(18(28)29)15(21)16(14(11)20)23-10(26)6-30-3;/h9H,4-6H2,1-3H3,(H,22,27)(H,23,26)(H,28,29);1H/p-1. The lowest BCUT2D eigenvalue weighted by atomic mass is 10.1. The first-order valence-electron chi connectivity index (χ1n) is 8.71. The third-order valence-corrected chi connectivity index (χ3v) is 6.83. The van der Waals surface area contributed by atoms with Crippen LogP contribution >= 0.6 is 67.8 Å². The molecule has 1 aromatic carbocycles. The van der Waals surface area contributed by atoms with Crippen LogP contribution in [0, 0.1) is 10.7 Å². The molecule has 0 spiro atoms. The number of aromatic carboxylic acids is 1. The summed E-state index contributed by atoms with van der Waals surface area (Å²) in [4.78, 5) is 59.2. The number of carboxylic acid groups (broad SMARTS) is 1. The molecular formula is C18H19ClI3N2O9-. The fourth-order valence-corrected chi connectivity index (χ4v) is 6.73. The van der Waals surface area contributed by atoms with Gasteiger partial charge in [0.1, 0.15) is 13.2 Å². The molecule has 0 fully saturated rings. The molecule has 0 radical (unpaired) electrons. The lowest BCUT2D eigenvalue weighted by Gasteiger charge is -2.20. The predicted molar refractivity (Wildman–Crippen MR) is 137 cm³/mol. The van der Waals surface area contributed by atoms with Gasteiger partial charge in [0.2, 0.25) is 5.91 Å². The molecule has 0 saturated heterocycles. The van der Waals surface area contributed by atoms with Gasteiger partial charge in [-0.1, -0.05) is 0 Å². The van der Waals surface area contributed by atoms with Crippen molar-refractivity contribution in [1.29, 1.82) is 0 Å². The molecule has 1 atom stereocenters. The minimum Gasteiger partial charge on any atom is -1.00 e. The number of amides is 2. The minimum atomic E-state index is -1.28. The number of hydrogen-bond donors (Lipinski definition) is 3. The van der Waals surface area contributed by atoms with Crippen LogP contribution in [0.4, 0.5) is 5.69 Å². The summed E-state index contributed by atoms with van der Waals surface area (Å²) in [6, 6.07) is 0. The van der Waals surface area contributed by atoms with E-state index < -0.39 is 35.8 Å². The molecular weight excluding hydrogens is 804 g/mol. The summed E-state index contributed by atoms with van der Waals surface area (Å²) in [7, 11) is 1.33. The second-order valence-electron chi connectivity index (χ2n) is 6.10. The molecule has 1 rings (SSSR count). The molecule has 15 heteroatoms. The van der Waals surface area contributed by atoms with Gasteiger partial charge in [0.05, 0.1) is 30.5 Å². The summed E-state index contributed by atoms with van der Waals surface area (Å²) >= 11 is 5.37. The van der Waals surface area contributed by atoms with Gasteiger partial charge in [0.25, 0.3) is 5.91 Å². The van der Waals surface area contributed by atoms with E-state index in [-0.39, 0.29) is 56.1 Å². The molecule has 0 bridgehead atoms. The lowest BCUT2D eigenvalue weighted by Crippen LogP contribution is -3.00. The predicted octanol–water partition coefficient (Wildman–Crippen LogP) is -0.988. The molecule has 0 aromatic heterocycles. The highest BCUT2D eigenvalue weighted by atomic mass is 127. The van der Waals surface area contributed by atoms with Crippen molar-refractivity contribution in [2.75, 3.05) is 32.2 Å². The van der Waals surface area contributed by atoms with E-state index in [9.17, 15) is 29.1 Å². The first kappa shape index (κ1) is 32.0. The van der Waals surface area contributed by atoms with E-state index in [0.29, 0.717) is 3.57 Å². The van der Waals surface area contributed by atoms with Crippen LogP contribution in [0.15, 0.2) is 0 Å². The van der Waals surface area contributed by atoms with Gasteiger partial charge in [0, 0.05) is 24.5 Å². The summed E-state index contributed by atoms with van der Waals surface area (Å²) in [5, 5.41) is 14.8. The SMILES string of the molecule is COCC(=O)Nc1c(I)c(C(=O)O)c(I)c(C(=O)NCC(COC(C)=O)OC(C)=O)c1I.[Cl-]. The molecule has 3 N–H and O–H groups in total. The number of hydrogen-bond acceptors (Lipinski definition) is 8. The monoisotopic (exact) mass is 823 g/mol. The molecule has 0 saturated carbocycles. The smallest absolute Gasteiger partial charge is 0.337 e. The molecule has 0 aliphatic rings. The number of methoxy groups -OCH3 is 1. The van der Waals surface area contributed by atoms with E-state index in [1.54, 1.807) is 45.2 Å². The average Bonchev–Trinajstić information content (AvgIpc) is 2.66. The number of esters is 2. The van der Waals surface area contributed by atoms with E-state index in [0.717, 1.165) is 0 Å². The first-order chi connectivity index (χ1) is 14.9. The van der Waals surface area contributed by atoms with Crippen LogP contribution in [0.3, 0.4) is 0 Å². The topological polar surface area (TPSA) is 157 Å². The number of carbonyl (C=O) groups excluding carboxylic acids is 4. The number of benzene rings is 1. The zero-order chi connectivity index (χ0) is 24.6. The van der Waals surface area contributed by atoms with E-state index >= 15 is 0 Å². The maximum absolute atomic E-state index is 13.0. The van der Waals surface area contributed by atoms with E-state index in [4.69, 9.17) is 14.2 Å². The van der Waals surface area contributed by atoms with Crippen molar-refractivity contribution in [2.24, 2.45) is 0 Å². The van der Waals surface area contributed by atoms with Crippen molar-refractivity contribution in [1.82, 2.24) is 5.32 Å². The molecule has 1 unspecified atom stereocenters. The van der Waals surface area contributed by atoms with Gasteiger partial charge >= 0.3 is 17.9 Å². The Balaban J connectivity index is 0.0000102. The van der Waals surface area contributed by atoms with Gasteiger partial charge in [-0.3, -0.25) is 19.2 Å². The van der Waals surface area contributed by atoms with E-state index in [1.165, 1.54) is 21.0 Å². The quantitative estimate of drug-likeness (QED) is 0.199. The molecule has 0 heterocycles. The Morgan fingerprint density at radius 1 is 0.970 bits per heavy atom. The second-order valence-corrected chi connectivity index (χ2v) is 9.33. The van der Waals surface area contributed by atoms with E-state index in [1.807, 2.05) is 22.6 Å². The lowest BCUT2D eigenvalue weighted by molar-refractivity contribution is -0.155. The van der Waals surface area contributed by atoms with Crippen molar-refractivity contribution in [2.45, 2.75) is 20.0 Å². The Kier molecular flexibility index (Phi) is 14.6. The summed E-state index contributed by atoms with van der Waals surface area (Å²) < 4.78 is 15.4. The Morgan fingerprint density at radius 2 is 1.55 bits per heavy atom. The largest absolute Gasteiger partial charge is 1.00 e. The fourth-order valence-electron chi connectivity index (χ4n) is 2.34. The molecule has 2 amide bonds. The average molecular weight is 824 g/mol. The van der Waals surface area contributed by atoms with Crippen LogP contribution in [-0.4, -0.2) is 67.8 Å². The Hall–Kier alpha value is -0.990. The second kappa shape index (κ2) is 15.1. The molecule has 11 nitrogen and oxygen atoms in total. The zero-order valence-corrected chi connectivity index (χ0v) is 24.7. The summed E-state index contributed by atoms with van der Waals surface area (Å²) in [6.45, 7) is 1.63. The fraction of sp³-hybridized carbons (Fsp3) is 0.389. The van der Waals surface area contributed by atoms with Crippen LogP contribution in [0.1, 0.15) is 34.6 Å². The van der Waals surface area contributed by atoms with Crippen molar-refractivity contribution in [3.05, 3.63) is 21.8 Å². The number of anilines is 1. The van der Waals surface area contributed by atoms with Crippen molar-refractivity contribution in [3.8, 4) is 0 Å². The summed E-state index contributed by atoms with van der Waals surface area (Å²) in [5.74, 6) is -3.69. The van der Waals surface area contributed by atoms with Gasteiger partial charge in [-0.2, -0.15) is 0 Å². The number of rotatable bonds is 10. The maximum Gasteiger partial charge on any atom is 0.337 e. The van der Waals surface area contributed by atoms with Gasteiger partial charge in [-0.15, -0.1) is 0 Å². The number of ether oxygens (including phenoxy) is 3. The minimum absolute atomic E-state index is 0. The van der Waals surface area contributed by atoms with Crippen molar-refractivity contribution >= 4 is 103 Å². The van der Waals surface area contributed by atoms with Crippen molar-refractivity contribution in [3.63, 3.8) is 0 Å². The zero-order valence-electron chi connectivity index (χ0n) is 17.4. The third kappa shape index (κ3) is 9.65. The summed E-state index contributed by atoms with van der Waals surface area (Å²) in [6.07, 6.45) is -0.945. The van der Waals surface area contributed by atoms with Crippen molar-refractivity contribution < 1.29 is 55.7 Å². The molecule has 0 aliphatic heterocycles. The van der Waals surface area contributed by atoms with Crippen LogP contribution in [-0.2, 0) is 28.6 Å². The Bertz CT molecular complexity index is 943. The van der Waals surface area contributed by atoms with Crippen LogP contribution in [0.5, 0.6) is 0 Å². The molecule has 184 valence electrons. The van der Waals surface area contributed by atoms with Crippen LogP contribution < -0.4 is 23.0 Å². The maximum atomic E-state index is 13.0. The van der Waals surface area contributed by atoms with Gasteiger partial charge in [-0.05, 0) is 67.8 Å². The van der Waals surface area contributed by atoms with Gasteiger partial charge < -0.3 is 42.4 Å². The number of carboxylic acids is 1. The highest BCUT2D eigenvalue weighted by Gasteiger charge is 2.29. The number of halogens is 4. The molecule has 0 aliphatic carbocycles. The molecule has 33 heavy (non-hydrogen) atoms. The number of nitrogens with one attached hydrogen (secondary N) is 2. The highest BCUT2D eigenvalue weighted by Crippen LogP contribution is 2.35. The Labute approximate surface area is 236 Å². The summed E-state index contributed by atoms with van der Waals surface area (Å²) in [5.41, 5.74) is 0.0272. The first-order valence-corrected chi connectivity index (χ1v) is 12.0. The van der Waals surface area contributed by atoms with E-state index in [2.05, 4.69) is 10.6 Å². The highest BCUT2D eigenvalue weighted by molar-refractivity contribution is 14.1. The van der Waals surface area contributed by atoms with Gasteiger partial charge in [0.15, 0.2) is 6.10 Å². The number of carbonyl (C=O) groups is 5. The van der Waals surface area contributed by atoms with Crippen LogP contribution in [0.2, 0.25) is 0 Å². The third-order valence-electron chi connectivity index (χ3n) is 3.59. The Morgan fingerprint density at radius 3 is 2.03 bits per heavy atom. The molecule has 1 aromatic rings. The van der Waals surface area contributed by atoms with Crippen LogP contribution in [0.25, 0.3) is 0 Å².